The van der Waals surface area contributed by atoms with Crippen LogP contribution in [0, 0.1) is 5.41 Å². The van der Waals surface area contributed by atoms with Gasteiger partial charge in [-0.05, 0) is 18.3 Å². The normalized spacial score (nSPS) is 21.1. The number of piperidine rings is 1. The Kier molecular flexibility index (Phi) is 2.13. The minimum Gasteiger partial charge on any atom is -0.382 e. The molecule has 78 valence electrons. The molecule has 4 nitrogen and oxygen atoms in total. The lowest BCUT2D eigenvalue weighted by Crippen LogP contribution is -2.37. The Morgan fingerprint density at radius 2 is 2.07 bits per heavy atom. The van der Waals surface area contributed by atoms with Crippen molar-refractivity contribution >= 4 is 11.5 Å². The second-order valence-electron chi connectivity index (χ2n) is 4.82. The van der Waals surface area contributed by atoms with Crippen molar-refractivity contribution in [2.24, 2.45) is 5.41 Å². The van der Waals surface area contributed by atoms with Gasteiger partial charge >= 0.3 is 0 Å². The molecule has 0 bridgehead atoms. The smallest absolute Gasteiger partial charge is 0.142 e. The van der Waals surface area contributed by atoms with Crippen molar-refractivity contribution in [2.75, 3.05) is 23.7 Å². The number of rotatable bonds is 1. The minimum absolute atomic E-state index is 0.481. The number of anilines is 2. The predicted molar refractivity (Wildman–Crippen MR) is 58.2 cm³/mol. The van der Waals surface area contributed by atoms with Crippen LogP contribution < -0.4 is 10.6 Å². The maximum atomic E-state index is 5.78. The highest BCUT2D eigenvalue weighted by atomic mass is 15.2. The van der Waals surface area contributed by atoms with Crippen LogP contribution in [0.2, 0.25) is 0 Å². The maximum absolute atomic E-state index is 5.78. The van der Waals surface area contributed by atoms with Crippen LogP contribution in [0.1, 0.15) is 26.7 Å². The molecule has 0 amide bonds. The third kappa shape index (κ3) is 1.69. The number of hydrogen-bond donors (Lipinski definition) is 2. The monoisotopic (exact) mass is 194 g/mol. The summed E-state index contributed by atoms with van der Waals surface area (Å²) in [4.78, 5) is 2.31. The van der Waals surface area contributed by atoms with Crippen molar-refractivity contribution in [3.8, 4) is 0 Å². The fourth-order valence-electron chi connectivity index (χ4n) is 1.89. The number of hydrogen-bond acceptors (Lipinski definition) is 3. The van der Waals surface area contributed by atoms with Gasteiger partial charge < -0.3 is 10.6 Å². The van der Waals surface area contributed by atoms with Gasteiger partial charge in [0.15, 0.2) is 0 Å². The van der Waals surface area contributed by atoms with E-state index >= 15 is 0 Å². The van der Waals surface area contributed by atoms with Gasteiger partial charge in [-0.2, -0.15) is 5.10 Å². The van der Waals surface area contributed by atoms with Gasteiger partial charge in [0.2, 0.25) is 0 Å². The molecule has 4 heteroatoms. The first-order chi connectivity index (χ1) is 6.58. The summed E-state index contributed by atoms with van der Waals surface area (Å²) in [6.45, 7) is 6.81. The zero-order valence-corrected chi connectivity index (χ0v) is 8.88. The lowest BCUT2D eigenvalue weighted by atomic mass is 9.82. The largest absolute Gasteiger partial charge is 0.382 e. The molecule has 1 aliphatic heterocycles. The van der Waals surface area contributed by atoms with E-state index in [-0.39, 0.29) is 0 Å². The van der Waals surface area contributed by atoms with E-state index in [2.05, 4.69) is 28.9 Å². The highest BCUT2D eigenvalue weighted by Crippen LogP contribution is 2.33. The van der Waals surface area contributed by atoms with E-state index in [0.717, 1.165) is 18.8 Å². The molecular weight excluding hydrogens is 176 g/mol. The SMILES string of the molecule is CC1(C)CCN(c2cn[nH]c2N)CC1. The van der Waals surface area contributed by atoms with Gasteiger partial charge in [-0.15, -0.1) is 0 Å². The molecule has 1 aromatic rings. The van der Waals surface area contributed by atoms with Crippen LogP contribution in [0.3, 0.4) is 0 Å². The van der Waals surface area contributed by atoms with E-state index in [1.807, 2.05) is 6.20 Å². The van der Waals surface area contributed by atoms with E-state index < -0.39 is 0 Å². The summed E-state index contributed by atoms with van der Waals surface area (Å²) in [6.07, 6.45) is 4.25. The quantitative estimate of drug-likeness (QED) is 0.714. The van der Waals surface area contributed by atoms with E-state index in [9.17, 15) is 0 Å². The molecule has 2 heterocycles. The van der Waals surface area contributed by atoms with Crippen LogP contribution in [-0.4, -0.2) is 23.3 Å². The van der Waals surface area contributed by atoms with E-state index in [1.54, 1.807) is 0 Å². The van der Waals surface area contributed by atoms with Crippen LogP contribution in [0.5, 0.6) is 0 Å². The van der Waals surface area contributed by atoms with Crippen molar-refractivity contribution < 1.29 is 0 Å². The van der Waals surface area contributed by atoms with Crippen LogP contribution in [-0.2, 0) is 0 Å². The first kappa shape index (κ1) is 9.37. The number of nitrogens with one attached hydrogen (secondary N) is 1. The van der Waals surface area contributed by atoms with Crippen molar-refractivity contribution in [3.63, 3.8) is 0 Å². The molecule has 1 fully saturated rings. The number of aromatic nitrogens is 2. The lowest BCUT2D eigenvalue weighted by molar-refractivity contribution is 0.280. The standard InChI is InChI=1S/C10H18N4/c1-10(2)3-5-14(6-4-10)8-7-12-13-9(8)11/h7H,3-6H2,1-2H3,(H3,11,12,13). The second-order valence-corrected chi connectivity index (χ2v) is 4.82. The van der Waals surface area contributed by atoms with Crippen LogP contribution in [0.4, 0.5) is 11.5 Å². The van der Waals surface area contributed by atoms with Gasteiger partial charge in [-0.25, -0.2) is 0 Å². The Hall–Kier alpha value is -1.19. The molecule has 0 unspecified atom stereocenters. The van der Waals surface area contributed by atoms with Gasteiger partial charge in [0.25, 0.3) is 0 Å². The average Bonchev–Trinajstić information content (AvgIpc) is 2.52. The molecule has 0 spiro atoms. The Bertz CT molecular complexity index is 306. The van der Waals surface area contributed by atoms with Crippen molar-refractivity contribution in [1.82, 2.24) is 10.2 Å². The van der Waals surface area contributed by atoms with Gasteiger partial charge in [0, 0.05) is 13.1 Å². The zero-order valence-electron chi connectivity index (χ0n) is 8.88. The van der Waals surface area contributed by atoms with E-state index in [1.165, 1.54) is 12.8 Å². The molecule has 1 aromatic heterocycles. The first-order valence-electron chi connectivity index (χ1n) is 5.12. The average molecular weight is 194 g/mol. The summed E-state index contributed by atoms with van der Waals surface area (Å²) in [5.74, 6) is 0.685. The van der Waals surface area contributed by atoms with Crippen LogP contribution in [0.25, 0.3) is 0 Å². The molecular formula is C10H18N4. The number of H-pyrrole nitrogens is 1. The van der Waals surface area contributed by atoms with E-state index in [0.29, 0.717) is 11.2 Å². The van der Waals surface area contributed by atoms with Crippen molar-refractivity contribution in [3.05, 3.63) is 6.20 Å². The van der Waals surface area contributed by atoms with Crippen LogP contribution in [0.15, 0.2) is 6.20 Å². The zero-order chi connectivity index (χ0) is 10.2. The van der Waals surface area contributed by atoms with Crippen molar-refractivity contribution in [2.45, 2.75) is 26.7 Å². The highest BCUT2D eigenvalue weighted by Gasteiger charge is 2.26. The maximum Gasteiger partial charge on any atom is 0.142 e. The van der Waals surface area contributed by atoms with Gasteiger partial charge in [0.05, 0.1) is 11.9 Å². The molecule has 0 atom stereocenters. The molecule has 0 aliphatic carbocycles. The molecule has 3 N–H and O–H groups in total. The molecule has 0 saturated carbocycles. The van der Waals surface area contributed by atoms with Crippen molar-refractivity contribution in [1.29, 1.82) is 0 Å². The van der Waals surface area contributed by atoms with Gasteiger partial charge in [-0.1, -0.05) is 13.8 Å². The highest BCUT2D eigenvalue weighted by molar-refractivity contribution is 5.62. The van der Waals surface area contributed by atoms with E-state index in [4.69, 9.17) is 5.73 Å². The Morgan fingerprint density at radius 3 is 2.57 bits per heavy atom. The summed E-state index contributed by atoms with van der Waals surface area (Å²) in [7, 11) is 0. The second kappa shape index (κ2) is 3.19. The predicted octanol–water partition coefficient (Wildman–Crippen LogP) is 1.62. The Labute approximate surface area is 84.5 Å². The summed E-state index contributed by atoms with van der Waals surface area (Å²) in [5, 5.41) is 6.71. The molecule has 0 radical (unpaired) electrons. The van der Waals surface area contributed by atoms with Gasteiger partial charge in [-0.3, -0.25) is 5.10 Å². The number of nitrogens with zero attached hydrogens (tertiary/aromatic N) is 2. The first-order valence-corrected chi connectivity index (χ1v) is 5.12. The Balaban J connectivity index is 2.06. The number of nitrogens with two attached hydrogens (primary N) is 1. The minimum atomic E-state index is 0.481. The number of nitrogen functional groups attached to an aromatic ring is 1. The summed E-state index contributed by atoms with van der Waals surface area (Å²) >= 11 is 0. The topological polar surface area (TPSA) is 57.9 Å². The molecule has 2 rings (SSSR count). The van der Waals surface area contributed by atoms with Gasteiger partial charge in [0.1, 0.15) is 5.82 Å². The lowest BCUT2D eigenvalue weighted by Gasteiger charge is -2.37. The molecule has 1 saturated heterocycles. The third-order valence-electron chi connectivity index (χ3n) is 3.11. The Morgan fingerprint density at radius 1 is 1.43 bits per heavy atom. The summed E-state index contributed by atoms with van der Waals surface area (Å²) < 4.78 is 0. The van der Waals surface area contributed by atoms with Crippen LogP contribution >= 0.6 is 0 Å². The molecule has 0 aromatic carbocycles. The number of aromatic amines is 1. The third-order valence-corrected chi connectivity index (χ3v) is 3.11. The molecule has 14 heavy (non-hydrogen) atoms. The summed E-state index contributed by atoms with van der Waals surface area (Å²) in [5.41, 5.74) is 7.32. The summed E-state index contributed by atoms with van der Waals surface area (Å²) in [6, 6.07) is 0. The fourth-order valence-corrected chi connectivity index (χ4v) is 1.89. The molecule has 1 aliphatic rings. The fraction of sp³-hybridized carbons (Fsp3) is 0.700.